The number of hydrogen-bond donors (Lipinski definition) is 2. The number of hydrogen-bond acceptors (Lipinski definition) is 3. The van der Waals surface area contributed by atoms with Crippen molar-refractivity contribution < 1.29 is 9.59 Å². The summed E-state index contributed by atoms with van der Waals surface area (Å²) in [4.78, 5) is 22.7. The van der Waals surface area contributed by atoms with Crippen LogP contribution in [0.4, 0.5) is 0 Å². The lowest BCUT2D eigenvalue weighted by Crippen LogP contribution is -2.33. The highest BCUT2D eigenvalue weighted by molar-refractivity contribution is 9.10. The second-order valence-electron chi connectivity index (χ2n) is 2.87. The number of carbonyl (C=O) groups excluding carboxylic acids is 2. The lowest BCUT2D eigenvalue weighted by Gasteiger charge is -2.03. The third-order valence-electron chi connectivity index (χ3n) is 1.58. The Morgan fingerprint density at radius 3 is 2.60 bits per heavy atom. The van der Waals surface area contributed by atoms with Crippen molar-refractivity contribution >= 4 is 39.1 Å². The van der Waals surface area contributed by atoms with E-state index >= 15 is 0 Å². The van der Waals surface area contributed by atoms with Gasteiger partial charge in [0.25, 0.3) is 5.91 Å². The van der Waals surface area contributed by atoms with Crippen LogP contribution in [0.1, 0.15) is 16.6 Å². The molecule has 1 heterocycles. The molecule has 0 aliphatic carbocycles. The van der Waals surface area contributed by atoms with E-state index in [-0.39, 0.29) is 11.8 Å². The summed E-state index contributed by atoms with van der Waals surface area (Å²) in [5.41, 5.74) is 0. The zero-order chi connectivity index (χ0) is 11.3. The smallest absolute Gasteiger partial charge is 0.261 e. The topological polar surface area (TPSA) is 58.2 Å². The van der Waals surface area contributed by atoms with Gasteiger partial charge >= 0.3 is 0 Å². The van der Waals surface area contributed by atoms with Crippen LogP contribution in [-0.4, -0.2) is 24.9 Å². The van der Waals surface area contributed by atoms with Crippen LogP contribution in [0, 0.1) is 0 Å². The Kier molecular flexibility index (Phi) is 4.77. The SMILES string of the molecule is CC(=O)NCCNC(=O)c1cc(Br)cs1. The van der Waals surface area contributed by atoms with Crippen molar-refractivity contribution in [1.82, 2.24) is 10.6 Å². The molecule has 6 heteroatoms. The fourth-order valence-electron chi connectivity index (χ4n) is 0.934. The molecule has 0 spiro atoms. The molecular weight excluding hydrogens is 280 g/mol. The van der Waals surface area contributed by atoms with E-state index in [2.05, 4.69) is 26.6 Å². The summed E-state index contributed by atoms with van der Waals surface area (Å²) in [6, 6.07) is 1.76. The van der Waals surface area contributed by atoms with E-state index in [4.69, 9.17) is 0 Å². The highest BCUT2D eigenvalue weighted by Crippen LogP contribution is 2.19. The minimum absolute atomic E-state index is 0.0943. The Morgan fingerprint density at radius 1 is 1.40 bits per heavy atom. The first-order valence-corrected chi connectivity index (χ1v) is 6.03. The average molecular weight is 291 g/mol. The Hall–Kier alpha value is -0.880. The van der Waals surface area contributed by atoms with Crippen molar-refractivity contribution in [2.75, 3.05) is 13.1 Å². The minimum Gasteiger partial charge on any atom is -0.355 e. The quantitative estimate of drug-likeness (QED) is 0.823. The zero-order valence-corrected chi connectivity index (χ0v) is 10.6. The molecule has 0 aliphatic heterocycles. The van der Waals surface area contributed by atoms with Gasteiger partial charge in [0.2, 0.25) is 5.91 Å². The third kappa shape index (κ3) is 4.44. The molecule has 1 aromatic rings. The third-order valence-corrected chi connectivity index (χ3v) is 3.27. The molecule has 0 saturated carbocycles. The van der Waals surface area contributed by atoms with Crippen LogP contribution >= 0.6 is 27.3 Å². The van der Waals surface area contributed by atoms with Crippen LogP contribution in [0.2, 0.25) is 0 Å². The van der Waals surface area contributed by atoms with Crippen molar-refractivity contribution in [3.8, 4) is 0 Å². The molecule has 1 aromatic heterocycles. The van der Waals surface area contributed by atoms with Crippen LogP contribution in [0.3, 0.4) is 0 Å². The summed E-state index contributed by atoms with van der Waals surface area (Å²) in [7, 11) is 0. The Bertz CT molecular complexity index is 365. The van der Waals surface area contributed by atoms with E-state index in [1.807, 2.05) is 5.38 Å². The maximum atomic E-state index is 11.5. The first-order chi connectivity index (χ1) is 7.09. The lowest BCUT2D eigenvalue weighted by molar-refractivity contribution is -0.118. The molecule has 2 amide bonds. The van der Waals surface area contributed by atoms with Crippen molar-refractivity contribution in [2.45, 2.75) is 6.92 Å². The van der Waals surface area contributed by atoms with Gasteiger partial charge in [0, 0.05) is 29.9 Å². The maximum Gasteiger partial charge on any atom is 0.261 e. The van der Waals surface area contributed by atoms with Crippen LogP contribution < -0.4 is 10.6 Å². The van der Waals surface area contributed by atoms with Crippen molar-refractivity contribution in [1.29, 1.82) is 0 Å². The zero-order valence-electron chi connectivity index (χ0n) is 8.17. The molecule has 0 bridgehead atoms. The molecule has 1 rings (SSSR count). The average Bonchev–Trinajstić information content (AvgIpc) is 2.59. The van der Waals surface area contributed by atoms with Gasteiger partial charge < -0.3 is 10.6 Å². The van der Waals surface area contributed by atoms with E-state index in [0.717, 1.165) is 4.47 Å². The Labute approximate surface area is 100 Å². The fourth-order valence-corrected chi connectivity index (χ4v) is 2.28. The first kappa shape index (κ1) is 12.2. The molecular formula is C9H11BrN2O2S. The van der Waals surface area contributed by atoms with Gasteiger partial charge in [0.05, 0.1) is 4.88 Å². The minimum atomic E-state index is -0.115. The van der Waals surface area contributed by atoms with E-state index < -0.39 is 0 Å². The van der Waals surface area contributed by atoms with Gasteiger partial charge in [0.15, 0.2) is 0 Å². The normalized spacial score (nSPS) is 9.73. The van der Waals surface area contributed by atoms with Gasteiger partial charge in [-0.3, -0.25) is 9.59 Å². The molecule has 0 unspecified atom stereocenters. The molecule has 0 atom stereocenters. The highest BCUT2D eigenvalue weighted by atomic mass is 79.9. The van der Waals surface area contributed by atoms with Crippen LogP contribution in [0.25, 0.3) is 0 Å². The van der Waals surface area contributed by atoms with Crippen molar-refractivity contribution in [2.24, 2.45) is 0 Å². The number of thiophene rings is 1. The number of rotatable bonds is 4. The second-order valence-corrected chi connectivity index (χ2v) is 4.69. The molecule has 4 nitrogen and oxygen atoms in total. The van der Waals surface area contributed by atoms with Gasteiger partial charge in [-0.1, -0.05) is 0 Å². The van der Waals surface area contributed by atoms with Crippen LogP contribution in [0.15, 0.2) is 15.9 Å². The second kappa shape index (κ2) is 5.87. The van der Waals surface area contributed by atoms with Crippen molar-refractivity contribution in [3.63, 3.8) is 0 Å². The fraction of sp³-hybridized carbons (Fsp3) is 0.333. The molecule has 0 aromatic carbocycles. The predicted molar refractivity (Wildman–Crippen MR) is 63.0 cm³/mol. The van der Waals surface area contributed by atoms with Gasteiger partial charge in [-0.05, 0) is 22.0 Å². The summed E-state index contributed by atoms with van der Waals surface area (Å²) in [6.07, 6.45) is 0. The number of halogens is 1. The van der Waals surface area contributed by atoms with E-state index in [1.54, 1.807) is 6.07 Å². The molecule has 0 fully saturated rings. The highest BCUT2D eigenvalue weighted by Gasteiger charge is 2.06. The Balaban J connectivity index is 2.28. The molecule has 2 N–H and O–H groups in total. The molecule has 0 radical (unpaired) electrons. The van der Waals surface area contributed by atoms with Crippen LogP contribution in [0.5, 0.6) is 0 Å². The summed E-state index contributed by atoms with van der Waals surface area (Å²) in [5.74, 6) is -0.209. The maximum absolute atomic E-state index is 11.5. The summed E-state index contributed by atoms with van der Waals surface area (Å²) < 4.78 is 0.902. The summed E-state index contributed by atoms with van der Waals surface area (Å²) in [5, 5.41) is 7.15. The van der Waals surface area contributed by atoms with E-state index in [1.165, 1.54) is 18.3 Å². The number of carbonyl (C=O) groups is 2. The van der Waals surface area contributed by atoms with Gasteiger partial charge in [0.1, 0.15) is 0 Å². The van der Waals surface area contributed by atoms with Crippen molar-refractivity contribution in [3.05, 3.63) is 20.8 Å². The molecule has 0 saturated heterocycles. The lowest BCUT2D eigenvalue weighted by atomic mass is 10.4. The van der Waals surface area contributed by atoms with Gasteiger partial charge in [-0.2, -0.15) is 0 Å². The number of nitrogens with one attached hydrogen (secondary N) is 2. The summed E-state index contributed by atoms with van der Waals surface area (Å²) in [6.45, 7) is 2.33. The molecule has 0 aliphatic rings. The largest absolute Gasteiger partial charge is 0.355 e. The van der Waals surface area contributed by atoms with Crippen LogP contribution in [-0.2, 0) is 4.79 Å². The predicted octanol–water partition coefficient (Wildman–Crippen LogP) is 1.38. The molecule has 15 heavy (non-hydrogen) atoms. The monoisotopic (exact) mass is 290 g/mol. The Morgan fingerprint density at radius 2 is 2.07 bits per heavy atom. The summed E-state index contributed by atoms with van der Waals surface area (Å²) >= 11 is 4.65. The van der Waals surface area contributed by atoms with Gasteiger partial charge in [-0.25, -0.2) is 0 Å². The first-order valence-electron chi connectivity index (χ1n) is 4.36. The standard InChI is InChI=1S/C9H11BrN2O2S/c1-6(13)11-2-3-12-9(14)8-4-7(10)5-15-8/h4-5H,2-3H2,1H3,(H,11,13)(H,12,14). The molecule has 82 valence electrons. The number of amides is 2. The van der Waals surface area contributed by atoms with Gasteiger partial charge in [-0.15, -0.1) is 11.3 Å². The van der Waals surface area contributed by atoms with E-state index in [0.29, 0.717) is 18.0 Å². The van der Waals surface area contributed by atoms with E-state index in [9.17, 15) is 9.59 Å².